The molecule has 0 radical (unpaired) electrons. The first-order chi connectivity index (χ1) is 9.52. The van der Waals surface area contributed by atoms with Gasteiger partial charge in [0.05, 0.1) is 4.47 Å². The van der Waals surface area contributed by atoms with Crippen molar-refractivity contribution in [3.63, 3.8) is 0 Å². The third-order valence-electron chi connectivity index (χ3n) is 2.65. The molecule has 20 heavy (non-hydrogen) atoms. The Hall–Kier alpha value is -1.56. The van der Waals surface area contributed by atoms with E-state index >= 15 is 0 Å². The Morgan fingerprint density at radius 3 is 2.75 bits per heavy atom. The number of ether oxygens (including phenoxy) is 1. The zero-order valence-corrected chi connectivity index (χ0v) is 12.9. The number of nitrogens with one attached hydrogen (secondary N) is 1. The molecule has 0 fully saturated rings. The molecule has 0 unspecified atom stereocenters. The van der Waals surface area contributed by atoms with Crippen LogP contribution in [-0.2, 0) is 16.0 Å². The molecule has 6 heteroatoms. The van der Waals surface area contributed by atoms with Gasteiger partial charge in [-0.3, -0.25) is 9.59 Å². The van der Waals surface area contributed by atoms with Crippen molar-refractivity contribution in [2.75, 3.05) is 13.2 Å². The van der Waals surface area contributed by atoms with Crippen molar-refractivity contribution in [3.8, 4) is 5.75 Å². The minimum Gasteiger partial charge on any atom is -0.483 e. The normalized spacial score (nSPS) is 10.1. The summed E-state index contributed by atoms with van der Waals surface area (Å²) >= 11 is 3.40. The Bertz CT molecular complexity index is 476. The average Bonchev–Trinajstić information content (AvgIpc) is 2.42. The smallest absolute Gasteiger partial charge is 0.303 e. The molecule has 1 aromatic carbocycles. The topological polar surface area (TPSA) is 75.6 Å². The van der Waals surface area contributed by atoms with E-state index in [1.54, 1.807) is 0 Å². The molecule has 0 aromatic heterocycles. The molecule has 0 heterocycles. The first kappa shape index (κ1) is 16.5. The molecule has 110 valence electrons. The zero-order valence-electron chi connectivity index (χ0n) is 11.3. The standard InChI is InChI=1S/C14H18BrNO4/c1-2-10-5-6-12(11(15)8-10)20-9-13(17)16-7-3-4-14(18)19/h5-6,8H,2-4,7,9H2,1H3,(H,16,17)(H,18,19). The Labute approximate surface area is 126 Å². The summed E-state index contributed by atoms with van der Waals surface area (Å²) in [6.07, 6.45) is 1.39. The van der Waals surface area contributed by atoms with E-state index in [-0.39, 0.29) is 18.9 Å². The van der Waals surface area contributed by atoms with E-state index in [0.29, 0.717) is 18.7 Å². The van der Waals surface area contributed by atoms with Crippen LogP contribution >= 0.6 is 15.9 Å². The van der Waals surface area contributed by atoms with Gasteiger partial charge >= 0.3 is 5.97 Å². The van der Waals surface area contributed by atoms with Crippen LogP contribution in [-0.4, -0.2) is 30.1 Å². The van der Waals surface area contributed by atoms with Crippen molar-refractivity contribution >= 4 is 27.8 Å². The van der Waals surface area contributed by atoms with E-state index in [4.69, 9.17) is 9.84 Å². The second-order valence-electron chi connectivity index (χ2n) is 4.25. The Balaban J connectivity index is 2.32. The van der Waals surface area contributed by atoms with Crippen LogP contribution in [0.2, 0.25) is 0 Å². The highest BCUT2D eigenvalue weighted by atomic mass is 79.9. The predicted molar refractivity (Wildman–Crippen MR) is 78.9 cm³/mol. The van der Waals surface area contributed by atoms with Gasteiger partial charge in [-0.05, 0) is 46.5 Å². The van der Waals surface area contributed by atoms with Crippen LogP contribution in [0.25, 0.3) is 0 Å². The highest BCUT2D eigenvalue weighted by molar-refractivity contribution is 9.10. The lowest BCUT2D eigenvalue weighted by atomic mass is 10.2. The predicted octanol–water partition coefficient (Wildman–Crippen LogP) is 2.37. The number of aryl methyl sites for hydroxylation is 1. The number of benzene rings is 1. The molecule has 0 aliphatic rings. The summed E-state index contributed by atoms with van der Waals surface area (Å²) in [7, 11) is 0. The summed E-state index contributed by atoms with van der Waals surface area (Å²) < 4.78 is 6.22. The van der Waals surface area contributed by atoms with Gasteiger partial charge in [-0.1, -0.05) is 13.0 Å². The van der Waals surface area contributed by atoms with Crippen LogP contribution in [0, 0.1) is 0 Å². The summed E-state index contributed by atoms with van der Waals surface area (Å²) in [5.41, 5.74) is 1.18. The SMILES string of the molecule is CCc1ccc(OCC(=O)NCCCC(=O)O)c(Br)c1. The molecule has 1 rings (SSSR count). The number of hydrogen-bond donors (Lipinski definition) is 2. The van der Waals surface area contributed by atoms with Gasteiger partial charge in [-0.15, -0.1) is 0 Å². The van der Waals surface area contributed by atoms with E-state index < -0.39 is 5.97 Å². The highest BCUT2D eigenvalue weighted by Crippen LogP contribution is 2.26. The lowest BCUT2D eigenvalue weighted by molar-refractivity contribution is -0.137. The number of hydrogen-bond acceptors (Lipinski definition) is 3. The van der Waals surface area contributed by atoms with E-state index in [1.165, 1.54) is 5.56 Å². The minimum absolute atomic E-state index is 0.0468. The molecule has 0 saturated carbocycles. The molecular formula is C14H18BrNO4. The van der Waals surface area contributed by atoms with Crippen LogP contribution in [0.15, 0.2) is 22.7 Å². The van der Waals surface area contributed by atoms with Crippen LogP contribution < -0.4 is 10.1 Å². The fourth-order valence-corrected chi connectivity index (χ4v) is 2.08. The Morgan fingerprint density at radius 1 is 1.40 bits per heavy atom. The molecule has 0 aliphatic carbocycles. The first-order valence-electron chi connectivity index (χ1n) is 6.42. The van der Waals surface area contributed by atoms with Gasteiger partial charge in [-0.2, -0.15) is 0 Å². The lowest BCUT2D eigenvalue weighted by Crippen LogP contribution is -2.30. The summed E-state index contributed by atoms with van der Waals surface area (Å²) in [6.45, 7) is 2.31. The fraction of sp³-hybridized carbons (Fsp3) is 0.429. The number of amides is 1. The van der Waals surface area contributed by atoms with Crippen LogP contribution in [0.4, 0.5) is 0 Å². The Kier molecular flexibility index (Phi) is 7.08. The van der Waals surface area contributed by atoms with Crippen LogP contribution in [0.5, 0.6) is 5.75 Å². The second-order valence-corrected chi connectivity index (χ2v) is 5.11. The van der Waals surface area contributed by atoms with Crippen LogP contribution in [0.1, 0.15) is 25.3 Å². The molecular weight excluding hydrogens is 326 g/mol. The van der Waals surface area contributed by atoms with E-state index in [0.717, 1.165) is 10.9 Å². The molecule has 2 N–H and O–H groups in total. The van der Waals surface area contributed by atoms with Crippen molar-refractivity contribution < 1.29 is 19.4 Å². The number of carboxylic acids is 1. The number of rotatable bonds is 8. The molecule has 0 atom stereocenters. The van der Waals surface area contributed by atoms with Gasteiger partial charge in [0.1, 0.15) is 5.75 Å². The zero-order chi connectivity index (χ0) is 15.0. The van der Waals surface area contributed by atoms with Crippen molar-refractivity contribution in [1.29, 1.82) is 0 Å². The molecule has 0 bridgehead atoms. The number of carbonyl (C=O) groups excluding carboxylic acids is 1. The average molecular weight is 344 g/mol. The summed E-state index contributed by atoms with van der Waals surface area (Å²) in [6, 6.07) is 5.73. The number of halogens is 1. The monoisotopic (exact) mass is 343 g/mol. The molecule has 0 saturated heterocycles. The van der Waals surface area contributed by atoms with Gasteiger partial charge < -0.3 is 15.2 Å². The van der Waals surface area contributed by atoms with Gasteiger partial charge in [0, 0.05) is 13.0 Å². The molecule has 0 aliphatic heterocycles. The summed E-state index contributed by atoms with van der Waals surface area (Å²) in [5.74, 6) is -0.514. The lowest BCUT2D eigenvalue weighted by Gasteiger charge is -2.09. The van der Waals surface area contributed by atoms with Crippen molar-refractivity contribution in [2.45, 2.75) is 26.2 Å². The molecule has 0 spiro atoms. The second kappa shape index (κ2) is 8.58. The minimum atomic E-state index is -0.865. The Morgan fingerprint density at radius 2 is 2.15 bits per heavy atom. The third kappa shape index (κ3) is 6.06. The highest BCUT2D eigenvalue weighted by Gasteiger charge is 2.06. The molecule has 5 nitrogen and oxygen atoms in total. The molecule has 1 amide bonds. The van der Waals surface area contributed by atoms with Crippen molar-refractivity contribution in [3.05, 3.63) is 28.2 Å². The van der Waals surface area contributed by atoms with E-state index in [9.17, 15) is 9.59 Å². The fourth-order valence-electron chi connectivity index (χ4n) is 1.54. The summed E-state index contributed by atoms with van der Waals surface area (Å²) in [5, 5.41) is 11.1. The van der Waals surface area contributed by atoms with Crippen molar-refractivity contribution in [1.82, 2.24) is 5.32 Å². The number of carbonyl (C=O) groups is 2. The molecule has 1 aromatic rings. The van der Waals surface area contributed by atoms with Gasteiger partial charge in [0.2, 0.25) is 0 Å². The maximum atomic E-state index is 11.5. The van der Waals surface area contributed by atoms with Gasteiger partial charge in [0.15, 0.2) is 6.61 Å². The third-order valence-corrected chi connectivity index (χ3v) is 3.27. The van der Waals surface area contributed by atoms with Crippen LogP contribution in [0.3, 0.4) is 0 Å². The number of aliphatic carboxylic acids is 1. The first-order valence-corrected chi connectivity index (χ1v) is 7.22. The van der Waals surface area contributed by atoms with E-state index in [1.807, 2.05) is 18.2 Å². The van der Waals surface area contributed by atoms with E-state index in [2.05, 4.69) is 28.2 Å². The maximum Gasteiger partial charge on any atom is 0.303 e. The number of carboxylic acid groups (broad SMARTS) is 1. The largest absolute Gasteiger partial charge is 0.483 e. The quantitative estimate of drug-likeness (QED) is 0.710. The van der Waals surface area contributed by atoms with Gasteiger partial charge in [-0.25, -0.2) is 0 Å². The van der Waals surface area contributed by atoms with Crippen molar-refractivity contribution in [2.24, 2.45) is 0 Å². The maximum absolute atomic E-state index is 11.5. The summed E-state index contributed by atoms with van der Waals surface area (Å²) in [4.78, 5) is 21.8. The van der Waals surface area contributed by atoms with Gasteiger partial charge in [0.25, 0.3) is 5.91 Å².